The van der Waals surface area contributed by atoms with Crippen LogP contribution in [-0.2, 0) is 11.2 Å². The Hall–Kier alpha value is -2.63. The van der Waals surface area contributed by atoms with Gasteiger partial charge in [0.05, 0.1) is 17.7 Å². The molecule has 0 aliphatic carbocycles. The van der Waals surface area contributed by atoms with Gasteiger partial charge in [-0.3, -0.25) is 14.7 Å². The molecular formula is C21H26N4O2. The van der Waals surface area contributed by atoms with Gasteiger partial charge in [0, 0.05) is 24.3 Å². The number of carbonyl (C=O) groups is 2. The van der Waals surface area contributed by atoms with Crippen molar-refractivity contribution in [3.05, 3.63) is 53.3 Å². The second kappa shape index (κ2) is 7.18. The number of piperidine rings is 1. The van der Waals surface area contributed by atoms with E-state index in [2.05, 4.69) is 22.4 Å². The summed E-state index contributed by atoms with van der Waals surface area (Å²) in [5, 5.41) is 10.3. The Balaban J connectivity index is 1.42. The standard InChI is InChI=1S/C21H26N4O2/c1-2-6-18-17(14-22-24-18)20(27)25-11-9-21(10-12-25)13-16(19(26)23-21)15-7-4-3-5-8-15/h3-5,7-8,14,16H,2,6,9-13H2,1H3,(H,22,24)(H,23,26). The Labute approximate surface area is 159 Å². The van der Waals surface area contributed by atoms with Gasteiger partial charge in [0.25, 0.3) is 5.91 Å². The number of likely N-dealkylation sites (tertiary alicyclic amines) is 1. The van der Waals surface area contributed by atoms with Gasteiger partial charge < -0.3 is 10.2 Å². The molecule has 6 heteroatoms. The van der Waals surface area contributed by atoms with Gasteiger partial charge >= 0.3 is 0 Å². The van der Waals surface area contributed by atoms with Crippen LogP contribution in [0.5, 0.6) is 0 Å². The van der Waals surface area contributed by atoms with Gasteiger partial charge in [-0.2, -0.15) is 5.10 Å². The molecule has 2 aliphatic heterocycles. The molecule has 2 saturated heterocycles. The zero-order valence-electron chi connectivity index (χ0n) is 15.7. The normalized spacial score (nSPS) is 21.4. The van der Waals surface area contributed by atoms with E-state index in [1.165, 1.54) is 0 Å². The molecule has 2 fully saturated rings. The maximum atomic E-state index is 12.9. The molecule has 1 atom stereocenters. The average molecular weight is 366 g/mol. The lowest BCUT2D eigenvalue weighted by atomic mass is 9.82. The molecule has 142 valence electrons. The molecule has 0 saturated carbocycles. The molecule has 4 rings (SSSR count). The number of nitrogens with zero attached hydrogens (tertiary/aromatic N) is 2. The van der Waals surface area contributed by atoms with Gasteiger partial charge in [-0.05, 0) is 31.2 Å². The van der Waals surface area contributed by atoms with Crippen LogP contribution in [-0.4, -0.2) is 45.5 Å². The molecule has 1 unspecified atom stereocenters. The second-order valence-electron chi connectivity index (χ2n) is 7.74. The average Bonchev–Trinajstić information content (AvgIpc) is 3.27. The van der Waals surface area contributed by atoms with Crippen LogP contribution in [0.2, 0.25) is 0 Å². The van der Waals surface area contributed by atoms with E-state index in [1.807, 2.05) is 35.2 Å². The third-order valence-corrected chi connectivity index (χ3v) is 5.96. The van der Waals surface area contributed by atoms with Crippen molar-refractivity contribution in [3.63, 3.8) is 0 Å². The van der Waals surface area contributed by atoms with E-state index in [9.17, 15) is 9.59 Å². The van der Waals surface area contributed by atoms with Crippen LogP contribution in [0.1, 0.15) is 60.1 Å². The highest BCUT2D eigenvalue weighted by Crippen LogP contribution is 2.39. The van der Waals surface area contributed by atoms with E-state index in [-0.39, 0.29) is 23.3 Å². The number of hydrogen-bond acceptors (Lipinski definition) is 3. The SMILES string of the molecule is CCCc1[nH]ncc1C(=O)N1CCC2(CC1)CC(c1ccccc1)C(=O)N2. The van der Waals surface area contributed by atoms with Crippen LogP contribution < -0.4 is 5.32 Å². The van der Waals surface area contributed by atoms with Crippen LogP contribution in [0.3, 0.4) is 0 Å². The quantitative estimate of drug-likeness (QED) is 0.873. The summed E-state index contributed by atoms with van der Waals surface area (Å²) in [6, 6.07) is 9.98. The molecule has 27 heavy (non-hydrogen) atoms. The van der Waals surface area contributed by atoms with Crippen molar-refractivity contribution < 1.29 is 9.59 Å². The monoisotopic (exact) mass is 366 g/mol. The molecule has 3 heterocycles. The van der Waals surface area contributed by atoms with Gasteiger partial charge in [-0.1, -0.05) is 43.7 Å². The zero-order valence-corrected chi connectivity index (χ0v) is 15.7. The number of rotatable bonds is 4. The van der Waals surface area contributed by atoms with Gasteiger partial charge in [0.15, 0.2) is 0 Å². The van der Waals surface area contributed by atoms with Gasteiger partial charge in [0.1, 0.15) is 0 Å². The summed E-state index contributed by atoms with van der Waals surface area (Å²) in [4.78, 5) is 27.4. The fourth-order valence-electron chi connectivity index (χ4n) is 4.41. The first-order chi connectivity index (χ1) is 13.1. The Kier molecular flexibility index (Phi) is 4.72. The molecule has 2 aliphatic rings. The number of benzene rings is 1. The Bertz CT molecular complexity index is 822. The van der Waals surface area contributed by atoms with Crippen molar-refractivity contribution in [2.45, 2.75) is 50.5 Å². The highest BCUT2D eigenvalue weighted by Gasteiger charge is 2.46. The fraction of sp³-hybridized carbons (Fsp3) is 0.476. The third kappa shape index (κ3) is 3.36. The molecule has 2 N–H and O–H groups in total. The van der Waals surface area contributed by atoms with Crippen LogP contribution in [0.15, 0.2) is 36.5 Å². The Morgan fingerprint density at radius 3 is 2.70 bits per heavy atom. The smallest absolute Gasteiger partial charge is 0.257 e. The largest absolute Gasteiger partial charge is 0.350 e. The molecule has 1 aromatic heterocycles. The van der Waals surface area contributed by atoms with Crippen molar-refractivity contribution in [2.24, 2.45) is 0 Å². The van der Waals surface area contributed by atoms with Crippen LogP contribution in [0, 0.1) is 0 Å². The molecule has 6 nitrogen and oxygen atoms in total. The third-order valence-electron chi connectivity index (χ3n) is 5.96. The van der Waals surface area contributed by atoms with E-state index in [0.29, 0.717) is 18.7 Å². The maximum Gasteiger partial charge on any atom is 0.257 e. The van der Waals surface area contributed by atoms with Crippen LogP contribution in [0.25, 0.3) is 0 Å². The van der Waals surface area contributed by atoms with E-state index in [1.54, 1.807) is 6.20 Å². The maximum absolute atomic E-state index is 12.9. The fourth-order valence-corrected chi connectivity index (χ4v) is 4.41. The first-order valence-electron chi connectivity index (χ1n) is 9.80. The van der Waals surface area contributed by atoms with Crippen LogP contribution in [0.4, 0.5) is 0 Å². The number of nitrogens with one attached hydrogen (secondary N) is 2. The number of aromatic nitrogens is 2. The highest BCUT2D eigenvalue weighted by atomic mass is 16.2. The molecule has 1 spiro atoms. The number of carbonyl (C=O) groups excluding carboxylic acids is 2. The number of aryl methyl sites for hydroxylation is 1. The predicted molar refractivity (Wildman–Crippen MR) is 102 cm³/mol. The Morgan fingerprint density at radius 1 is 1.26 bits per heavy atom. The van der Waals surface area contributed by atoms with Crippen molar-refractivity contribution >= 4 is 11.8 Å². The van der Waals surface area contributed by atoms with Crippen molar-refractivity contribution in [3.8, 4) is 0 Å². The predicted octanol–water partition coefficient (Wildman–Crippen LogP) is 2.64. The minimum absolute atomic E-state index is 0.0472. The van der Waals surface area contributed by atoms with Crippen molar-refractivity contribution in [1.82, 2.24) is 20.4 Å². The number of hydrogen-bond donors (Lipinski definition) is 2. The Morgan fingerprint density at radius 2 is 2.00 bits per heavy atom. The van der Waals surface area contributed by atoms with E-state index < -0.39 is 0 Å². The van der Waals surface area contributed by atoms with E-state index in [4.69, 9.17) is 0 Å². The second-order valence-corrected chi connectivity index (χ2v) is 7.74. The van der Waals surface area contributed by atoms with Gasteiger partial charge in [-0.15, -0.1) is 0 Å². The van der Waals surface area contributed by atoms with Crippen LogP contribution >= 0.6 is 0 Å². The topological polar surface area (TPSA) is 78.1 Å². The summed E-state index contributed by atoms with van der Waals surface area (Å²) in [6.45, 7) is 3.42. The first kappa shape index (κ1) is 17.8. The highest BCUT2D eigenvalue weighted by molar-refractivity contribution is 5.95. The minimum Gasteiger partial charge on any atom is -0.350 e. The van der Waals surface area contributed by atoms with E-state index in [0.717, 1.165) is 43.4 Å². The van der Waals surface area contributed by atoms with Crippen molar-refractivity contribution in [2.75, 3.05) is 13.1 Å². The minimum atomic E-state index is -0.184. The molecule has 2 amide bonds. The summed E-state index contributed by atoms with van der Waals surface area (Å²) in [7, 11) is 0. The summed E-state index contributed by atoms with van der Waals surface area (Å²) in [5.74, 6) is 0.0745. The molecule has 0 radical (unpaired) electrons. The lowest BCUT2D eigenvalue weighted by Gasteiger charge is -2.39. The first-order valence-corrected chi connectivity index (χ1v) is 9.80. The van der Waals surface area contributed by atoms with Gasteiger partial charge in [0.2, 0.25) is 5.91 Å². The molecule has 2 aromatic rings. The lowest BCUT2D eigenvalue weighted by molar-refractivity contribution is -0.121. The zero-order chi connectivity index (χ0) is 18.9. The lowest BCUT2D eigenvalue weighted by Crippen LogP contribution is -2.52. The number of aromatic amines is 1. The molecule has 1 aromatic carbocycles. The summed E-state index contributed by atoms with van der Waals surface area (Å²) in [5.41, 5.74) is 2.50. The summed E-state index contributed by atoms with van der Waals surface area (Å²) in [6.07, 6.45) is 5.85. The van der Waals surface area contributed by atoms with E-state index >= 15 is 0 Å². The van der Waals surface area contributed by atoms with Crippen molar-refractivity contribution in [1.29, 1.82) is 0 Å². The van der Waals surface area contributed by atoms with Gasteiger partial charge in [-0.25, -0.2) is 0 Å². The summed E-state index contributed by atoms with van der Waals surface area (Å²) >= 11 is 0. The number of amides is 2. The summed E-state index contributed by atoms with van der Waals surface area (Å²) < 4.78 is 0. The number of H-pyrrole nitrogens is 1. The molecule has 0 bridgehead atoms. The molecular weight excluding hydrogens is 340 g/mol.